The van der Waals surface area contributed by atoms with Crippen LogP contribution < -0.4 is 4.90 Å². The molecule has 0 amide bonds. The maximum absolute atomic E-state index is 11.3. The lowest BCUT2D eigenvalue weighted by molar-refractivity contribution is 0.609. The van der Waals surface area contributed by atoms with Crippen LogP contribution in [0.25, 0.3) is 0 Å². The summed E-state index contributed by atoms with van der Waals surface area (Å²) in [4.78, 5) is 2.27. The molecule has 2 rings (SSSR count). The zero-order chi connectivity index (χ0) is 11.8. The fraction of sp³-hybridized carbons (Fsp3) is 0.455. The van der Waals surface area contributed by atoms with Crippen LogP contribution in [-0.4, -0.2) is 22.0 Å². The van der Waals surface area contributed by atoms with Crippen molar-refractivity contribution >= 4 is 25.4 Å². The minimum Gasteiger partial charge on any atom is -0.374 e. The molecule has 1 aromatic rings. The molecule has 0 saturated heterocycles. The van der Waals surface area contributed by atoms with Crippen molar-refractivity contribution in [2.24, 2.45) is 0 Å². The summed E-state index contributed by atoms with van der Waals surface area (Å²) in [6.07, 6.45) is 3.28. The van der Waals surface area contributed by atoms with E-state index in [-0.39, 0.29) is 4.90 Å². The summed E-state index contributed by atoms with van der Waals surface area (Å²) >= 11 is 0. The second kappa shape index (κ2) is 4.26. The van der Waals surface area contributed by atoms with Gasteiger partial charge in [0, 0.05) is 30.0 Å². The first-order valence-corrected chi connectivity index (χ1v) is 7.58. The van der Waals surface area contributed by atoms with Gasteiger partial charge >= 0.3 is 0 Å². The summed E-state index contributed by atoms with van der Waals surface area (Å²) in [6.45, 7) is 0.957. The lowest BCUT2D eigenvalue weighted by Crippen LogP contribution is -2.17. The molecular formula is C11H14ClNO2S. The Kier molecular flexibility index (Phi) is 3.13. The molecule has 0 fully saturated rings. The summed E-state index contributed by atoms with van der Waals surface area (Å²) in [5, 5.41) is 0. The molecule has 0 unspecified atom stereocenters. The summed E-state index contributed by atoms with van der Waals surface area (Å²) in [6, 6.07) is 5.12. The van der Waals surface area contributed by atoms with Gasteiger partial charge in [0.2, 0.25) is 0 Å². The summed E-state index contributed by atoms with van der Waals surface area (Å²) < 4.78 is 22.5. The molecule has 1 aliphatic heterocycles. The fourth-order valence-corrected chi connectivity index (χ4v) is 2.82. The van der Waals surface area contributed by atoms with E-state index in [1.807, 2.05) is 13.1 Å². The number of benzene rings is 1. The Balaban J connectivity index is 2.51. The molecule has 0 spiro atoms. The average Bonchev–Trinajstić information content (AvgIpc) is 2.39. The summed E-state index contributed by atoms with van der Waals surface area (Å²) in [5.74, 6) is 0. The topological polar surface area (TPSA) is 37.4 Å². The van der Waals surface area contributed by atoms with Crippen LogP contribution in [0, 0.1) is 0 Å². The van der Waals surface area contributed by atoms with Gasteiger partial charge < -0.3 is 4.90 Å². The highest BCUT2D eigenvalue weighted by atomic mass is 35.7. The third kappa shape index (κ3) is 2.33. The minimum absolute atomic E-state index is 0.182. The predicted molar refractivity (Wildman–Crippen MR) is 65.7 cm³/mol. The molecule has 5 heteroatoms. The van der Waals surface area contributed by atoms with Gasteiger partial charge in [-0.1, -0.05) is 6.07 Å². The van der Waals surface area contributed by atoms with E-state index in [0.29, 0.717) is 0 Å². The number of rotatable bonds is 1. The first kappa shape index (κ1) is 11.7. The highest BCUT2D eigenvalue weighted by molar-refractivity contribution is 8.13. The maximum Gasteiger partial charge on any atom is 0.261 e. The normalized spacial score (nSPS) is 16.8. The summed E-state index contributed by atoms with van der Waals surface area (Å²) in [7, 11) is 3.70. The maximum atomic E-state index is 11.3. The van der Waals surface area contributed by atoms with Gasteiger partial charge in [-0.05, 0) is 37.0 Å². The van der Waals surface area contributed by atoms with Gasteiger partial charge in [-0.2, -0.15) is 0 Å². The van der Waals surface area contributed by atoms with Crippen molar-refractivity contribution in [1.82, 2.24) is 0 Å². The average molecular weight is 260 g/mol. The van der Waals surface area contributed by atoms with Gasteiger partial charge in [-0.25, -0.2) is 8.42 Å². The Morgan fingerprint density at radius 3 is 2.75 bits per heavy atom. The van der Waals surface area contributed by atoms with E-state index in [4.69, 9.17) is 10.7 Å². The van der Waals surface area contributed by atoms with Gasteiger partial charge in [0.25, 0.3) is 9.05 Å². The lowest BCUT2D eigenvalue weighted by atomic mass is 10.1. The van der Waals surface area contributed by atoms with Crippen LogP contribution in [0.15, 0.2) is 23.1 Å². The Hall–Kier alpha value is -0.740. The van der Waals surface area contributed by atoms with E-state index in [2.05, 4.69) is 4.90 Å². The smallest absolute Gasteiger partial charge is 0.261 e. The van der Waals surface area contributed by atoms with Crippen molar-refractivity contribution < 1.29 is 8.42 Å². The highest BCUT2D eigenvalue weighted by Gasteiger charge is 2.16. The Morgan fingerprint density at radius 1 is 1.31 bits per heavy atom. The van der Waals surface area contributed by atoms with E-state index in [1.165, 1.54) is 5.56 Å². The first-order chi connectivity index (χ1) is 7.48. The van der Waals surface area contributed by atoms with Crippen molar-refractivity contribution in [3.05, 3.63) is 23.8 Å². The quantitative estimate of drug-likeness (QED) is 0.727. The lowest BCUT2D eigenvalue weighted by Gasteiger charge is -2.19. The third-order valence-corrected chi connectivity index (χ3v) is 4.29. The summed E-state index contributed by atoms with van der Waals surface area (Å²) in [5.41, 5.74) is 2.18. The number of aryl methyl sites for hydroxylation is 1. The molecule has 0 radical (unpaired) electrons. The van der Waals surface area contributed by atoms with Crippen molar-refractivity contribution in [1.29, 1.82) is 0 Å². The number of anilines is 1. The molecule has 1 heterocycles. The second-order valence-electron chi connectivity index (χ2n) is 4.11. The molecule has 0 aliphatic carbocycles. The predicted octanol–water partition coefficient (Wildman–Crippen LogP) is 2.39. The number of nitrogens with zero attached hydrogens (tertiary/aromatic N) is 1. The van der Waals surface area contributed by atoms with Crippen molar-refractivity contribution in [2.45, 2.75) is 24.2 Å². The van der Waals surface area contributed by atoms with Crippen molar-refractivity contribution in [3.63, 3.8) is 0 Å². The largest absolute Gasteiger partial charge is 0.374 e. The van der Waals surface area contributed by atoms with Crippen LogP contribution in [0.5, 0.6) is 0 Å². The Morgan fingerprint density at radius 2 is 2.06 bits per heavy atom. The van der Waals surface area contributed by atoms with Gasteiger partial charge in [-0.15, -0.1) is 0 Å². The van der Waals surface area contributed by atoms with Crippen molar-refractivity contribution in [3.8, 4) is 0 Å². The van der Waals surface area contributed by atoms with E-state index >= 15 is 0 Å². The molecule has 3 nitrogen and oxygen atoms in total. The number of hydrogen-bond acceptors (Lipinski definition) is 3. The van der Waals surface area contributed by atoms with Gasteiger partial charge in [0.05, 0.1) is 4.90 Å². The monoisotopic (exact) mass is 259 g/mol. The zero-order valence-corrected chi connectivity index (χ0v) is 10.7. The number of halogens is 1. The molecular weight excluding hydrogens is 246 g/mol. The fourth-order valence-electron chi connectivity index (χ4n) is 2.05. The Labute approximate surface area is 100 Å². The van der Waals surface area contributed by atoms with E-state index in [1.54, 1.807) is 12.1 Å². The molecule has 0 saturated carbocycles. The van der Waals surface area contributed by atoms with Crippen molar-refractivity contribution in [2.75, 3.05) is 18.5 Å². The van der Waals surface area contributed by atoms with Crippen LogP contribution in [-0.2, 0) is 15.5 Å². The molecule has 1 aromatic carbocycles. The van der Waals surface area contributed by atoms with Gasteiger partial charge in [0.1, 0.15) is 0 Å². The van der Waals surface area contributed by atoms with Gasteiger partial charge in [0.15, 0.2) is 0 Å². The SMILES string of the molecule is CN1CCCCc2ccc(S(=O)(=O)Cl)cc21. The van der Waals surface area contributed by atoms with E-state index in [0.717, 1.165) is 31.5 Å². The van der Waals surface area contributed by atoms with Crippen LogP contribution in [0.4, 0.5) is 5.69 Å². The molecule has 16 heavy (non-hydrogen) atoms. The van der Waals surface area contributed by atoms with E-state index < -0.39 is 9.05 Å². The zero-order valence-electron chi connectivity index (χ0n) is 9.11. The van der Waals surface area contributed by atoms with Crippen LogP contribution in [0.3, 0.4) is 0 Å². The second-order valence-corrected chi connectivity index (χ2v) is 6.67. The highest BCUT2D eigenvalue weighted by Crippen LogP contribution is 2.29. The van der Waals surface area contributed by atoms with Crippen LogP contribution in [0.1, 0.15) is 18.4 Å². The van der Waals surface area contributed by atoms with E-state index in [9.17, 15) is 8.42 Å². The number of fused-ring (bicyclic) bond motifs is 1. The molecule has 0 aromatic heterocycles. The number of hydrogen-bond donors (Lipinski definition) is 0. The molecule has 0 N–H and O–H groups in total. The first-order valence-electron chi connectivity index (χ1n) is 5.27. The Bertz CT molecular complexity index is 499. The minimum atomic E-state index is -3.63. The molecule has 0 atom stereocenters. The molecule has 0 bridgehead atoms. The molecule has 1 aliphatic rings. The van der Waals surface area contributed by atoms with Crippen LogP contribution in [0.2, 0.25) is 0 Å². The standard InChI is InChI=1S/C11H14ClNO2S/c1-13-7-3-2-4-9-5-6-10(8-11(9)13)16(12,14)15/h5-6,8H,2-4,7H2,1H3. The van der Waals surface area contributed by atoms with Crippen LogP contribution >= 0.6 is 10.7 Å². The van der Waals surface area contributed by atoms with Gasteiger partial charge in [-0.3, -0.25) is 0 Å². The molecule has 88 valence electrons. The third-order valence-electron chi connectivity index (χ3n) is 2.94.